The first-order valence-electron chi connectivity index (χ1n) is 5.89. The maximum atomic E-state index is 10.7. The number of hydrogen-bond acceptors (Lipinski definition) is 4. The van der Waals surface area contributed by atoms with Crippen molar-refractivity contribution < 1.29 is 9.90 Å². The van der Waals surface area contributed by atoms with Crippen LogP contribution in [-0.4, -0.2) is 36.8 Å². The fourth-order valence-corrected chi connectivity index (χ4v) is 2.15. The third kappa shape index (κ3) is 2.99. The summed E-state index contributed by atoms with van der Waals surface area (Å²) in [6.07, 6.45) is 0.132. The van der Waals surface area contributed by atoms with Crippen LogP contribution in [0.2, 0.25) is 0 Å². The molecule has 1 saturated heterocycles. The number of benzene rings is 1. The third-order valence-corrected chi connectivity index (χ3v) is 3.04. The number of carbonyl (C=O) groups is 1. The SMILES string of the molecule is N#Cc1ccc(N2CCNC(CC(=O)O)C2)cc1. The Morgan fingerprint density at radius 3 is 2.83 bits per heavy atom. The van der Waals surface area contributed by atoms with Crippen molar-refractivity contribution in [1.29, 1.82) is 5.26 Å². The molecular formula is C13H15N3O2. The maximum absolute atomic E-state index is 10.7. The first-order chi connectivity index (χ1) is 8.69. The second kappa shape index (κ2) is 5.52. The fraction of sp³-hybridized carbons (Fsp3) is 0.385. The number of carboxylic acids is 1. The predicted octanol–water partition coefficient (Wildman–Crippen LogP) is 0.811. The van der Waals surface area contributed by atoms with Crippen LogP contribution < -0.4 is 10.2 Å². The van der Waals surface area contributed by atoms with Gasteiger partial charge in [-0.05, 0) is 24.3 Å². The van der Waals surface area contributed by atoms with E-state index in [1.807, 2.05) is 12.1 Å². The number of rotatable bonds is 3. The highest BCUT2D eigenvalue weighted by atomic mass is 16.4. The summed E-state index contributed by atoms with van der Waals surface area (Å²) in [5.41, 5.74) is 1.67. The molecule has 1 aromatic rings. The number of nitrogens with zero attached hydrogens (tertiary/aromatic N) is 2. The molecular weight excluding hydrogens is 230 g/mol. The van der Waals surface area contributed by atoms with Gasteiger partial charge in [-0.3, -0.25) is 4.79 Å². The summed E-state index contributed by atoms with van der Waals surface area (Å²) in [5.74, 6) is -0.783. The highest BCUT2D eigenvalue weighted by Crippen LogP contribution is 2.17. The minimum atomic E-state index is -0.783. The number of nitriles is 1. The first kappa shape index (κ1) is 12.4. The minimum Gasteiger partial charge on any atom is -0.481 e. The Kier molecular flexibility index (Phi) is 3.80. The molecule has 1 unspecified atom stereocenters. The van der Waals surface area contributed by atoms with Gasteiger partial charge >= 0.3 is 5.97 Å². The van der Waals surface area contributed by atoms with Crippen molar-refractivity contribution in [2.24, 2.45) is 0 Å². The van der Waals surface area contributed by atoms with Crippen LogP contribution in [0.1, 0.15) is 12.0 Å². The van der Waals surface area contributed by atoms with Crippen molar-refractivity contribution in [3.05, 3.63) is 29.8 Å². The second-order valence-corrected chi connectivity index (χ2v) is 4.35. The number of aliphatic carboxylic acids is 1. The van der Waals surface area contributed by atoms with E-state index >= 15 is 0 Å². The summed E-state index contributed by atoms with van der Waals surface area (Å²) < 4.78 is 0. The average molecular weight is 245 g/mol. The van der Waals surface area contributed by atoms with E-state index in [1.54, 1.807) is 12.1 Å². The predicted molar refractivity (Wildman–Crippen MR) is 67.4 cm³/mol. The molecule has 1 heterocycles. The van der Waals surface area contributed by atoms with Crippen LogP contribution in [0.3, 0.4) is 0 Å². The lowest BCUT2D eigenvalue weighted by Gasteiger charge is -2.34. The van der Waals surface area contributed by atoms with Gasteiger partial charge < -0.3 is 15.3 Å². The molecule has 0 saturated carbocycles. The molecule has 5 heteroatoms. The number of carboxylic acid groups (broad SMARTS) is 1. The van der Waals surface area contributed by atoms with Gasteiger partial charge in [-0.25, -0.2) is 0 Å². The quantitative estimate of drug-likeness (QED) is 0.824. The van der Waals surface area contributed by atoms with Gasteiger partial charge in [0.05, 0.1) is 18.1 Å². The first-order valence-corrected chi connectivity index (χ1v) is 5.89. The maximum Gasteiger partial charge on any atom is 0.304 e. The second-order valence-electron chi connectivity index (χ2n) is 4.35. The van der Waals surface area contributed by atoms with E-state index in [2.05, 4.69) is 16.3 Å². The van der Waals surface area contributed by atoms with Crippen LogP contribution in [0.5, 0.6) is 0 Å². The van der Waals surface area contributed by atoms with E-state index in [1.165, 1.54) is 0 Å². The summed E-state index contributed by atoms with van der Waals surface area (Å²) in [6.45, 7) is 2.30. The number of anilines is 1. The number of hydrogen-bond donors (Lipinski definition) is 2. The van der Waals surface area contributed by atoms with Gasteiger partial charge in [0, 0.05) is 31.4 Å². The normalized spacial score (nSPS) is 19.3. The highest BCUT2D eigenvalue weighted by molar-refractivity contribution is 5.67. The standard InChI is InChI=1S/C13H15N3O2/c14-8-10-1-3-12(4-2-10)16-6-5-15-11(9-16)7-13(17)18/h1-4,11,15H,5-7,9H2,(H,17,18). The van der Waals surface area contributed by atoms with Crippen molar-refractivity contribution in [2.75, 3.05) is 24.5 Å². The fourth-order valence-electron chi connectivity index (χ4n) is 2.15. The molecule has 1 aliphatic heterocycles. The molecule has 0 spiro atoms. The van der Waals surface area contributed by atoms with Gasteiger partial charge in [-0.2, -0.15) is 5.26 Å². The molecule has 0 aromatic heterocycles. The molecule has 18 heavy (non-hydrogen) atoms. The summed E-state index contributed by atoms with van der Waals surface area (Å²) in [7, 11) is 0. The third-order valence-electron chi connectivity index (χ3n) is 3.04. The molecule has 0 aliphatic carbocycles. The highest BCUT2D eigenvalue weighted by Gasteiger charge is 2.21. The molecule has 2 rings (SSSR count). The average Bonchev–Trinajstić information content (AvgIpc) is 2.38. The summed E-state index contributed by atoms with van der Waals surface area (Å²) in [5, 5.41) is 20.7. The van der Waals surface area contributed by atoms with E-state index < -0.39 is 5.97 Å². The molecule has 2 N–H and O–H groups in total. The van der Waals surface area contributed by atoms with Gasteiger partial charge in [-0.15, -0.1) is 0 Å². The molecule has 5 nitrogen and oxygen atoms in total. The van der Waals surface area contributed by atoms with E-state index in [9.17, 15) is 4.79 Å². The lowest BCUT2D eigenvalue weighted by molar-refractivity contribution is -0.137. The largest absolute Gasteiger partial charge is 0.481 e. The van der Waals surface area contributed by atoms with Gasteiger partial charge in [0.2, 0.25) is 0 Å². The summed E-state index contributed by atoms with van der Waals surface area (Å²) in [4.78, 5) is 12.8. The van der Waals surface area contributed by atoms with E-state index in [0.717, 1.165) is 18.8 Å². The van der Waals surface area contributed by atoms with Gasteiger partial charge in [0.25, 0.3) is 0 Å². The Morgan fingerprint density at radius 1 is 1.50 bits per heavy atom. The minimum absolute atomic E-state index is 0.0214. The zero-order chi connectivity index (χ0) is 13.0. The lowest BCUT2D eigenvalue weighted by atomic mass is 10.1. The van der Waals surface area contributed by atoms with Crippen LogP contribution in [0.25, 0.3) is 0 Å². The van der Waals surface area contributed by atoms with Gasteiger partial charge in [-0.1, -0.05) is 0 Å². The van der Waals surface area contributed by atoms with Crippen LogP contribution in [0.4, 0.5) is 5.69 Å². The number of nitrogens with one attached hydrogen (secondary N) is 1. The molecule has 0 radical (unpaired) electrons. The smallest absolute Gasteiger partial charge is 0.304 e. The van der Waals surface area contributed by atoms with Crippen molar-refractivity contribution in [3.8, 4) is 6.07 Å². The van der Waals surface area contributed by atoms with E-state index in [4.69, 9.17) is 10.4 Å². The Balaban J connectivity index is 2.03. The molecule has 1 atom stereocenters. The summed E-state index contributed by atoms with van der Waals surface area (Å²) >= 11 is 0. The van der Waals surface area contributed by atoms with Crippen LogP contribution in [0, 0.1) is 11.3 Å². The Morgan fingerprint density at radius 2 is 2.22 bits per heavy atom. The van der Waals surface area contributed by atoms with E-state index in [-0.39, 0.29) is 12.5 Å². The van der Waals surface area contributed by atoms with E-state index in [0.29, 0.717) is 12.1 Å². The lowest BCUT2D eigenvalue weighted by Crippen LogP contribution is -2.51. The van der Waals surface area contributed by atoms with Crippen molar-refractivity contribution >= 4 is 11.7 Å². The van der Waals surface area contributed by atoms with Crippen molar-refractivity contribution in [2.45, 2.75) is 12.5 Å². The monoisotopic (exact) mass is 245 g/mol. The Hall–Kier alpha value is -2.06. The van der Waals surface area contributed by atoms with Crippen LogP contribution in [-0.2, 0) is 4.79 Å². The molecule has 1 aromatic carbocycles. The zero-order valence-corrected chi connectivity index (χ0v) is 9.97. The molecule has 0 bridgehead atoms. The summed E-state index contributed by atoms with van der Waals surface area (Å²) in [6, 6.07) is 9.43. The molecule has 1 fully saturated rings. The molecule has 0 amide bonds. The zero-order valence-electron chi connectivity index (χ0n) is 9.97. The molecule has 94 valence electrons. The van der Waals surface area contributed by atoms with Gasteiger partial charge in [0.1, 0.15) is 0 Å². The Bertz CT molecular complexity index is 464. The van der Waals surface area contributed by atoms with Crippen LogP contribution in [0.15, 0.2) is 24.3 Å². The van der Waals surface area contributed by atoms with Crippen LogP contribution >= 0.6 is 0 Å². The Labute approximate surface area is 106 Å². The van der Waals surface area contributed by atoms with Gasteiger partial charge in [0.15, 0.2) is 0 Å². The number of piperazine rings is 1. The topological polar surface area (TPSA) is 76.4 Å². The van der Waals surface area contributed by atoms with Crippen molar-refractivity contribution in [3.63, 3.8) is 0 Å². The van der Waals surface area contributed by atoms with Crippen molar-refractivity contribution in [1.82, 2.24) is 5.32 Å². The molecule has 1 aliphatic rings.